The topological polar surface area (TPSA) is 47.8 Å². The van der Waals surface area contributed by atoms with Crippen molar-refractivity contribution in [1.82, 2.24) is 15.0 Å². The predicted octanol–water partition coefficient (Wildman–Crippen LogP) is 4.15. The van der Waals surface area contributed by atoms with Crippen molar-refractivity contribution in [2.75, 3.05) is 0 Å². The van der Waals surface area contributed by atoms with E-state index in [1.54, 1.807) is 16.9 Å². The summed E-state index contributed by atoms with van der Waals surface area (Å²) in [6.07, 6.45) is 3.06. The van der Waals surface area contributed by atoms with Crippen molar-refractivity contribution < 1.29 is 9.18 Å². The largest absolute Gasteiger partial charge is 0.297 e. The Morgan fingerprint density at radius 3 is 2.76 bits per heavy atom. The molecule has 1 aliphatic rings. The summed E-state index contributed by atoms with van der Waals surface area (Å²) in [5.41, 5.74) is 3.07. The Bertz CT molecular complexity index is 936. The summed E-state index contributed by atoms with van der Waals surface area (Å²) in [6, 6.07) is 12.3. The van der Waals surface area contributed by atoms with Gasteiger partial charge < -0.3 is 0 Å². The normalized spacial score (nSPS) is 17.2. The molecule has 0 aliphatic heterocycles. The molecule has 1 unspecified atom stereocenters. The molecule has 1 heterocycles. The highest BCUT2D eigenvalue weighted by Crippen LogP contribution is 2.28. The van der Waals surface area contributed by atoms with Crippen LogP contribution in [-0.4, -0.2) is 20.8 Å². The van der Waals surface area contributed by atoms with Gasteiger partial charge in [0.1, 0.15) is 17.6 Å². The molecule has 126 valence electrons. The Morgan fingerprint density at radius 1 is 1.16 bits per heavy atom. The number of Topliss-reactive ketones (excluding diaryl/α,β-unsaturated/α-hetero) is 1. The van der Waals surface area contributed by atoms with Gasteiger partial charge in [0, 0.05) is 16.5 Å². The van der Waals surface area contributed by atoms with Crippen molar-refractivity contribution in [3.8, 4) is 11.3 Å². The lowest BCUT2D eigenvalue weighted by Crippen LogP contribution is -2.20. The van der Waals surface area contributed by atoms with Gasteiger partial charge >= 0.3 is 0 Å². The third-order valence-corrected chi connectivity index (χ3v) is 5.12. The molecule has 0 amide bonds. The minimum atomic E-state index is -0.413. The number of nitrogens with zero attached hydrogens (tertiary/aromatic N) is 3. The van der Waals surface area contributed by atoms with Gasteiger partial charge in [-0.05, 0) is 42.2 Å². The van der Waals surface area contributed by atoms with Crippen molar-refractivity contribution in [3.63, 3.8) is 0 Å². The van der Waals surface area contributed by atoms with Gasteiger partial charge in [-0.25, -0.2) is 9.07 Å². The van der Waals surface area contributed by atoms with E-state index in [-0.39, 0.29) is 18.0 Å². The standard InChI is InChI=1S/C19H15BrFN3O/c20-14-6-4-12(5-7-14)17-11-24(23-22-17)18-9-8-15-13(10-19(18)25)2-1-3-16(15)21/h1-7,11,18H,8-10H2. The van der Waals surface area contributed by atoms with Gasteiger partial charge in [-0.1, -0.05) is 45.4 Å². The molecule has 2 aromatic carbocycles. The highest BCUT2D eigenvalue weighted by Gasteiger charge is 2.27. The molecule has 1 atom stereocenters. The first-order valence-corrected chi connectivity index (χ1v) is 8.88. The van der Waals surface area contributed by atoms with Gasteiger partial charge in [0.25, 0.3) is 0 Å². The number of aromatic nitrogens is 3. The van der Waals surface area contributed by atoms with Crippen LogP contribution in [0, 0.1) is 5.82 Å². The molecule has 4 nitrogen and oxygen atoms in total. The Hall–Kier alpha value is -2.34. The SMILES string of the molecule is O=C1Cc2cccc(F)c2CCC1n1cc(-c2ccc(Br)cc2)nn1. The fraction of sp³-hybridized carbons (Fsp3) is 0.211. The summed E-state index contributed by atoms with van der Waals surface area (Å²) < 4.78 is 16.6. The van der Waals surface area contributed by atoms with Crippen LogP contribution in [0.5, 0.6) is 0 Å². The molecular formula is C19H15BrFN3O. The minimum absolute atomic E-state index is 0.0385. The zero-order valence-corrected chi connectivity index (χ0v) is 14.9. The summed E-state index contributed by atoms with van der Waals surface area (Å²) >= 11 is 3.41. The molecule has 0 spiro atoms. The zero-order valence-electron chi connectivity index (χ0n) is 13.3. The molecule has 0 saturated carbocycles. The molecule has 4 rings (SSSR count). The zero-order chi connectivity index (χ0) is 17.4. The van der Waals surface area contributed by atoms with Gasteiger partial charge in [0.05, 0.1) is 6.20 Å². The van der Waals surface area contributed by atoms with E-state index in [2.05, 4.69) is 26.2 Å². The molecular weight excluding hydrogens is 385 g/mol. The van der Waals surface area contributed by atoms with Crippen LogP contribution in [0.2, 0.25) is 0 Å². The molecule has 6 heteroatoms. The summed E-state index contributed by atoms with van der Waals surface area (Å²) in [4.78, 5) is 12.7. The lowest BCUT2D eigenvalue weighted by Gasteiger charge is -2.12. The van der Waals surface area contributed by atoms with Crippen LogP contribution in [0.3, 0.4) is 0 Å². The number of hydrogen-bond donors (Lipinski definition) is 0. The molecule has 0 bridgehead atoms. The third-order valence-electron chi connectivity index (χ3n) is 4.59. The van der Waals surface area contributed by atoms with Crippen LogP contribution in [0.15, 0.2) is 53.1 Å². The number of hydrogen-bond acceptors (Lipinski definition) is 3. The van der Waals surface area contributed by atoms with Crippen molar-refractivity contribution in [3.05, 3.63) is 70.1 Å². The lowest BCUT2D eigenvalue weighted by atomic mass is 10.0. The average Bonchev–Trinajstić information content (AvgIpc) is 3.00. The van der Waals surface area contributed by atoms with Gasteiger partial charge in [0.2, 0.25) is 0 Å². The van der Waals surface area contributed by atoms with E-state index in [4.69, 9.17) is 0 Å². The number of rotatable bonds is 2. The Morgan fingerprint density at radius 2 is 1.96 bits per heavy atom. The van der Waals surface area contributed by atoms with E-state index >= 15 is 0 Å². The van der Waals surface area contributed by atoms with Crippen LogP contribution in [-0.2, 0) is 17.6 Å². The maximum absolute atomic E-state index is 14.0. The minimum Gasteiger partial charge on any atom is -0.297 e. The van der Waals surface area contributed by atoms with E-state index in [0.29, 0.717) is 24.1 Å². The molecule has 3 aromatic rings. The van der Waals surface area contributed by atoms with Crippen LogP contribution >= 0.6 is 15.9 Å². The monoisotopic (exact) mass is 399 g/mol. The second kappa shape index (κ2) is 6.52. The number of halogens is 2. The van der Waals surface area contributed by atoms with Crippen LogP contribution in [0.4, 0.5) is 4.39 Å². The van der Waals surface area contributed by atoms with Crippen LogP contribution in [0.1, 0.15) is 23.6 Å². The fourth-order valence-electron chi connectivity index (χ4n) is 3.26. The van der Waals surface area contributed by atoms with Gasteiger partial charge in [-0.2, -0.15) is 0 Å². The van der Waals surface area contributed by atoms with Gasteiger partial charge in [0.15, 0.2) is 5.78 Å². The van der Waals surface area contributed by atoms with Crippen molar-refractivity contribution in [2.45, 2.75) is 25.3 Å². The predicted molar refractivity (Wildman–Crippen MR) is 95.6 cm³/mol. The molecule has 1 aliphatic carbocycles. The fourth-order valence-corrected chi connectivity index (χ4v) is 3.52. The van der Waals surface area contributed by atoms with E-state index in [0.717, 1.165) is 15.6 Å². The average molecular weight is 400 g/mol. The smallest absolute Gasteiger partial charge is 0.161 e. The second-order valence-corrected chi connectivity index (χ2v) is 7.08. The van der Waals surface area contributed by atoms with E-state index in [1.807, 2.05) is 30.3 Å². The van der Waals surface area contributed by atoms with Gasteiger partial charge in [-0.3, -0.25) is 4.79 Å². The van der Waals surface area contributed by atoms with Crippen molar-refractivity contribution >= 4 is 21.7 Å². The maximum atomic E-state index is 14.0. The highest BCUT2D eigenvalue weighted by atomic mass is 79.9. The molecule has 0 saturated heterocycles. The van der Waals surface area contributed by atoms with Gasteiger partial charge in [-0.15, -0.1) is 5.10 Å². The van der Waals surface area contributed by atoms with Crippen molar-refractivity contribution in [1.29, 1.82) is 0 Å². The first-order chi connectivity index (χ1) is 12.1. The highest BCUT2D eigenvalue weighted by molar-refractivity contribution is 9.10. The summed E-state index contributed by atoms with van der Waals surface area (Å²) in [5, 5.41) is 8.35. The molecule has 0 N–H and O–H groups in total. The number of ketones is 1. The summed E-state index contributed by atoms with van der Waals surface area (Å²) in [6.45, 7) is 0. The van der Waals surface area contributed by atoms with E-state index < -0.39 is 6.04 Å². The second-order valence-electron chi connectivity index (χ2n) is 6.17. The number of benzene rings is 2. The van der Waals surface area contributed by atoms with Crippen LogP contribution < -0.4 is 0 Å². The quantitative estimate of drug-likeness (QED) is 0.608. The Balaban J connectivity index is 1.62. The lowest BCUT2D eigenvalue weighted by molar-refractivity contribution is -0.121. The summed E-state index contributed by atoms with van der Waals surface area (Å²) in [5.74, 6) is -0.198. The Kier molecular flexibility index (Phi) is 4.21. The summed E-state index contributed by atoms with van der Waals surface area (Å²) in [7, 11) is 0. The number of carbonyl (C=O) groups is 1. The Labute approximate surface area is 152 Å². The molecule has 0 fully saturated rings. The van der Waals surface area contributed by atoms with E-state index in [1.165, 1.54) is 6.07 Å². The molecule has 0 radical (unpaired) electrons. The first-order valence-electron chi connectivity index (χ1n) is 8.08. The van der Waals surface area contributed by atoms with Crippen molar-refractivity contribution in [2.24, 2.45) is 0 Å². The molecule has 1 aromatic heterocycles. The molecule has 25 heavy (non-hydrogen) atoms. The van der Waals surface area contributed by atoms with Crippen LogP contribution in [0.25, 0.3) is 11.3 Å². The van der Waals surface area contributed by atoms with E-state index in [9.17, 15) is 9.18 Å². The number of carbonyl (C=O) groups excluding carboxylic acids is 1. The maximum Gasteiger partial charge on any atom is 0.161 e. The first kappa shape index (κ1) is 16.1. The number of fused-ring (bicyclic) bond motifs is 1. The third kappa shape index (κ3) is 3.14.